The number of rotatable bonds is 2. The molecule has 1 nitrogen and oxygen atoms in total. The number of ketones is 1. The largest absolute Gasteiger partial charge is 0.288 e. The predicted molar refractivity (Wildman–Crippen MR) is 71.0 cm³/mol. The Morgan fingerprint density at radius 3 is 2.44 bits per heavy atom. The fourth-order valence-corrected chi connectivity index (χ4v) is 1.89. The van der Waals surface area contributed by atoms with Gasteiger partial charge in [0.05, 0.1) is 5.56 Å². The minimum absolute atomic E-state index is 0.00104. The van der Waals surface area contributed by atoms with E-state index >= 15 is 0 Å². The molecule has 0 spiro atoms. The molecule has 18 heavy (non-hydrogen) atoms. The van der Waals surface area contributed by atoms with Gasteiger partial charge in [-0.05, 0) is 48.9 Å². The highest BCUT2D eigenvalue weighted by molar-refractivity contribution is 6.31. The molecule has 2 rings (SSSR count). The average molecular weight is 283 g/mol. The van der Waals surface area contributed by atoms with Crippen LogP contribution in [0.5, 0.6) is 0 Å². The third kappa shape index (κ3) is 2.55. The van der Waals surface area contributed by atoms with E-state index in [-0.39, 0.29) is 16.4 Å². The fraction of sp³-hybridized carbons (Fsp3) is 0.0714. The smallest absolute Gasteiger partial charge is 0.195 e. The van der Waals surface area contributed by atoms with Crippen LogP contribution in [0.3, 0.4) is 0 Å². The lowest BCUT2D eigenvalue weighted by Crippen LogP contribution is -2.04. The normalized spacial score (nSPS) is 10.4. The molecule has 0 heterocycles. The summed E-state index contributed by atoms with van der Waals surface area (Å²) in [7, 11) is 0. The van der Waals surface area contributed by atoms with Crippen LogP contribution in [0.1, 0.15) is 21.5 Å². The zero-order chi connectivity index (χ0) is 13.3. The standard InChI is InChI=1S/C14H9Cl2FO/c1-8-6-9(2-5-12(8)16)14(18)11-4-3-10(15)7-13(11)17/h2-7H,1H3. The highest BCUT2D eigenvalue weighted by Crippen LogP contribution is 2.21. The number of hydrogen-bond acceptors (Lipinski definition) is 1. The van der Waals surface area contributed by atoms with Crippen LogP contribution in [0.15, 0.2) is 36.4 Å². The van der Waals surface area contributed by atoms with Gasteiger partial charge in [-0.25, -0.2) is 4.39 Å². The molecule has 0 bridgehead atoms. The fourth-order valence-electron chi connectivity index (χ4n) is 1.62. The van der Waals surface area contributed by atoms with Crippen LogP contribution in [0.4, 0.5) is 4.39 Å². The second-order valence-electron chi connectivity index (χ2n) is 3.92. The summed E-state index contributed by atoms with van der Waals surface area (Å²) in [6.07, 6.45) is 0. The number of hydrogen-bond donors (Lipinski definition) is 0. The number of carbonyl (C=O) groups excluding carboxylic acids is 1. The van der Waals surface area contributed by atoms with Gasteiger partial charge in [-0.2, -0.15) is 0 Å². The Morgan fingerprint density at radius 2 is 1.83 bits per heavy atom. The monoisotopic (exact) mass is 282 g/mol. The lowest BCUT2D eigenvalue weighted by Gasteiger charge is -2.05. The molecular formula is C14H9Cl2FO. The summed E-state index contributed by atoms with van der Waals surface area (Å²) in [5.74, 6) is -1.01. The maximum atomic E-state index is 13.6. The average Bonchev–Trinajstić information content (AvgIpc) is 2.32. The van der Waals surface area contributed by atoms with Gasteiger partial charge in [-0.1, -0.05) is 23.2 Å². The summed E-state index contributed by atoms with van der Waals surface area (Å²) in [4.78, 5) is 12.1. The lowest BCUT2D eigenvalue weighted by molar-refractivity contribution is 0.103. The molecule has 2 aromatic rings. The van der Waals surface area contributed by atoms with Gasteiger partial charge in [0.1, 0.15) is 5.82 Å². The van der Waals surface area contributed by atoms with Gasteiger partial charge in [0.25, 0.3) is 0 Å². The van der Waals surface area contributed by atoms with Crippen molar-refractivity contribution in [3.8, 4) is 0 Å². The van der Waals surface area contributed by atoms with Crippen LogP contribution >= 0.6 is 23.2 Å². The summed E-state index contributed by atoms with van der Waals surface area (Å²) < 4.78 is 13.6. The number of benzene rings is 2. The lowest BCUT2D eigenvalue weighted by atomic mass is 10.0. The van der Waals surface area contributed by atoms with Crippen LogP contribution in [0.2, 0.25) is 10.0 Å². The maximum absolute atomic E-state index is 13.6. The third-order valence-electron chi connectivity index (χ3n) is 2.60. The molecule has 2 aromatic carbocycles. The summed E-state index contributed by atoms with van der Waals surface area (Å²) in [6.45, 7) is 1.79. The summed E-state index contributed by atoms with van der Waals surface area (Å²) >= 11 is 11.5. The van der Waals surface area contributed by atoms with Gasteiger partial charge >= 0.3 is 0 Å². The maximum Gasteiger partial charge on any atom is 0.195 e. The Bertz CT molecular complexity index is 623. The first-order valence-corrected chi connectivity index (χ1v) is 6.00. The van der Waals surface area contributed by atoms with E-state index in [1.54, 1.807) is 25.1 Å². The Hall–Kier alpha value is -1.38. The van der Waals surface area contributed by atoms with Gasteiger partial charge in [-0.15, -0.1) is 0 Å². The van der Waals surface area contributed by atoms with Gasteiger partial charge < -0.3 is 0 Å². The van der Waals surface area contributed by atoms with Crippen LogP contribution in [0.25, 0.3) is 0 Å². The first kappa shape index (κ1) is 13.1. The van der Waals surface area contributed by atoms with Crippen LogP contribution < -0.4 is 0 Å². The number of halogens is 3. The van der Waals surface area contributed by atoms with E-state index in [0.717, 1.165) is 11.6 Å². The summed E-state index contributed by atoms with van der Waals surface area (Å²) in [5, 5.41) is 0.833. The van der Waals surface area contributed by atoms with Crippen LogP contribution in [-0.4, -0.2) is 5.78 Å². The van der Waals surface area contributed by atoms with E-state index in [2.05, 4.69) is 0 Å². The van der Waals surface area contributed by atoms with Crippen molar-refractivity contribution in [3.63, 3.8) is 0 Å². The number of carbonyl (C=O) groups is 1. The van der Waals surface area contributed by atoms with Gasteiger partial charge in [0, 0.05) is 15.6 Å². The molecule has 0 radical (unpaired) electrons. The first-order valence-electron chi connectivity index (χ1n) is 5.25. The predicted octanol–water partition coefficient (Wildman–Crippen LogP) is 4.67. The van der Waals surface area contributed by atoms with Crippen molar-refractivity contribution in [2.75, 3.05) is 0 Å². The Balaban J connectivity index is 2.44. The molecule has 4 heteroatoms. The minimum atomic E-state index is -0.625. The summed E-state index contributed by atoms with van der Waals surface area (Å²) in [5.41, 5.74) is 1.18. The SMILES string of the molecule is Cc1cc(C(=O)c2ccc(Cl)cc2F)ccc1Cl. The van der Waals surface area contributed by atoms with Gasteiger partial charge in [0.2, 0.25) is 0 Å². The van der Waals surface area contributed by atoms with Gasteiger partial charge in [0.15, 0.2) is 5.78 Å². The van der Waals surface area contributed by atoms with Crippen molar-refractivity contribution in [3.05, 3.63) is 69.0 Å². The highest BCUT2D eigenvalue weighted by atomic mass is 35.5. The zero-order valence-electron chi connectivity index (χ0n) is 9.51. The van der Waals surface area contributed by atoms with E-state index < -0.39 is 5.82 Å². The highest BCUT2D eigenvalue weighted by Gasteiger charge is 2.14. The number of aryl methyl sites for hydroxylation is 1. The van der Waals surface area contributed by atoms with E-state index in [0.29, 0.717) is 10.6 Å². The molecule has 0 saturated carbocycles. The first-order chi connectivity index (χ1) is 8.49. The summed E-state index contributed by atoms with van der Waals surface area (Å²) in [6, 6.07) is 8.82. The Morgan fingerprint density at radius 1 is 1.11 bits per heavy atom. The molecule has 0 aliphatic carbocycles. The minimum Gasteiger partial charge on any atom is -0.288 e. The van der Waals surface area contributed by atoms with Crippen molar-refractivity contribution in [2.24, 2.45) is 0 Å². The molecule has 92 valence electrons. The molecule has 0 aromatic heterocycles. The topological polar surface area (TPSA) is 17.1 Å². The van der Waals surface area contributed by atoms with Crippen molar-refractivity contribution in [1.29, 1.82) is 0 Å². The van der Waals surface area contributed by atoms with Crippen LogP contribution in [0, 0.1) is 12.7 Å². The molecular weight excluding hydrogens is 274 g/mol. The molecule has 0 fully saturated rings. The van der Waals surface area contributed by atoms with E-state index in [1.165, 1.54) is 12.1 Å². The molecule has 0 amide bonds. The second kappa shape index (κ2) is 5.09. The van der Waals surface area contributed by atoms with Crippen LogP contribution in [-0.2, 0) is 0 Å². The van der Waals surface area contributed by atoms with E-state index in [4.69, 9.17) is 23.2 Å². The van der Waals surface area contributed by atoms with E-state index in [9.17, 15) is 9.18 Å². The van der Waals surface area contributed by atoms with Gasteiger partial charge in [-0.3, -0.25) is 4.79 Å². The van der Waals surface area contributed by atoms with Crippen molar-refractivity contribution in [1.82, 2.24) is 0 Å². The molecule has 0 atom stereocenters. The second-order valence-corrected chi connectivity index (χ2v) is 4.76. The van der Waals surface area contributed by atoms with Crippen molar-refractivity contribution < 1.29 is 9.18 Å². The molecule has 0 N–H and O–H groups in total. The Kier molecular flexibility index (Phi) is 3.69. The molecule has 0 aliphatic heterocycles. The van der Waals surface area contributed by atoms with Crippen molar-refractivity contribution in [2.45, 2.75) is 6.92 Å². The molecule has 0 saturated heterocycles. The molecule has 0 aliphatic rings. The van der Waals surface area contributed by atoms with E-state index in [1.807, 2.05) is 0 Å². The quantitative estimate of drug-likeness (QED) is 0.732. The zero-order valence-corrected chi connectivity index (χ0v) is 11.0. The Labute approximate surface area is 114 Å². The van der Waals surface area contributed by atoms with Crippen molar-refractivity contribution >= 4 is 29.0 Å². The molecule has 0 unspecified atom stereocenters. The third-order valence-corrected chi connectivity index (χ3v) is 3.26.